The third kappa shape index (κ3) is 5.53. The van der Waals surface area contributed by atoms with Gasteiger partial charge in [-0.3, -0.25) is 25.8 Å². The van der Waals surface area contributed by atoms with Crippen LogP contribution in [-0.4, -0.2) is 86.2 Å². The highest BCUT2D eigenvalue weighted by molar-refractivity contribution is 5.80. The lowest BCUT2D eigenvalue weighted by atomic mass is 9.84. The minimum absolute atomic E-state index is 0.0415. The van der Waals surface area contributed by atoms with Crippen molar-refractivity contribution in [3.05, 3.63) is 0 Å². The van der Waals surface area contributed by atoms with Gasteiger partial charge < -0.3 is 10.1 Å². The van der Waals surface area contributed by atoms with Crippen LogP contribution in [0.25, 0.3) is 0 Å². The second-order valence-corrected chi connectivity index (χ2v) is 9.68. The molecule has 4 N–H and O–H groups in total. The van der Waals surface area contributed by atoms with Crippen molar-refractivity contribution in [1.82, 2.24) is 31.3 Å². The number of nitrogens with zero attached hydrogens (tertiary/aromatic N) is 2. The number of morpholine rings is 1. The second-order valence-electron chi connectivity index (χ2n) is 9.68. The average Bonchev–Trinajstić information content (AvgIpc) is 3.19. The Hall–Kier alpha value is -0.770. The molecule has 8 heteroatoms. The van der Waals surface area contributed by atoms with Crippen LogP contribution in [0.2, 0.25) is 0 Å². The average molecular weight is 423 g/mol. The van der Waals surface area contributed by atoms with Crippen molar-refractivity contribution in [2.45, 2.75) is 76.8 Å². The molecular weight excluding hydrogens is 380 g/mol. The van der Waals surface area contributed by atoms with Crippen molar-refractivity contribution in [3.63, 3.8) is 0 Å². The van der Waals surface area contributed by atoms with Gasteiger partial charge >= 0.3 is 0 Å². The summed E-state index contributed by atoms with van der Waals surface area (Å²) in [4.78, 5) is 15.6. The molecule has 3 heterocycles. The zero-order chi connectivity index (χ0) is 20.9. The van der Waals surface area contributed by atoms with Gasteiger partial charge in [0, 0.05) is 44.8 Å². The maximum absolute atomic E-state index is 13.1. The van der Waals surface area contributed by atoms with Gasteiger partial charge in [0.15, 0.2) is 0 Å². The number of fused-ring (bicyclic) bond motifs is 1. The molecule has 1 aliphatic carbocycles. The van der Waals surface area contributed by atoms with E-state index in [9.17, 15) is 4.79 Å². The van der Waals surface area contributed by atoms with Gasteiger partial charge in [-0.15, -0.1) is 0 Å². The van der Waals surface area contributed by atoms with Gasteiger partial charge in [0.05, 0.1) is 31.5 Å². The maximum atomic E-state index is 13.1. The normalized spacial score (nSPS) is 38.3. The van der Waals surface area contributed by atoms with Crippen molar-refractivity contribution in [1.29, 1.82) is 0 Å². The Labute approximate surface area is 181 Å². The highest BCUT2D eigenvalue weighted by Gasteiger charge is 2.45. The summed E-state index contributed by atoms with van der Waals surface area (Å²) in [5, 5.41) is 13.0. The smallest absolute Gasteiger partial charge is 0.227 e. The van der Waals surface area contributed by atoms with Gasteiger partial charge in [-0.2, -0.15) is 0 Å². The fourth-order valence-corrected chi connectivity index (χ4v) is 5.57. The summed E-state index contributed by atoms with van der Waals surface area (Å²) in [6.45, 7) is 11.0. The van der Waals surface area contributed by atoms with Crippen molar-refractivity contribution in [3.8, 4) is 0 Å². The number of amides is 1. The molecule has 1 amide bonds. The van der Waals surface area contributed by atoms with Crippen LogP contribution in [-0.2, 0) is 9.53 Å². The molecule has 30 heavy (non-hydrogen) atoms. The lowest BCUT2D eigenvalue weighted by Gasteiger charge is -2.43. The molecular formula is C22H42N6O2. The molecule has 4 rings (SSSR count). The number of ether oxygens (including phenoxy) is 1. The minimum Gasteiger partial charge on any atom is -0.379 e. The SMILES string of the molecule is CCC1CCC(NC(=O)C2CNN3C(NCCN4CCOCC4)CC(C)NC23)CC1. The highest BCUT2D eigenvalue weighted by Crippen LogP contribution is 2.28. The van der Waals surface area contributed by atoms with Crippen molar-refractivity contribution in [2.24, 2.45) is 11.8 Å². The van der Waals surface area contributed by atoms with Crippen LogP contribution in [0, 0.1) is 11.8 Å². The summed E-state index contributed by atoms with van der Waals surface area (Å²) in [6, 6.07) is 0.750. The molecule has 0 spiro atoms. The van der Waals surface area contributed by atoms with Gasteiger partial charge in [0.1, 0.15) is 0 Å². The topological polar surface area (TPSA) is 80.9 Å². The molecule has 4 aliphatic rings. The van der Waals surface area contributed by atoms with E-state index in [4.69, 9.17) is 4.74 Å². The third-order valence-electron chi connectivity index (χ3n) is 7.56. The van der Waals surface area contributed by atoms with Crippen LogP contribution in [0.1, 0.15) is 52.4 Å². The molecule has 0 radical (unpaired) electrons. The summed E-state index contributed by atoms with van der Waals surface area (Å²) in [7, 11) is 0. The maximum Gasteiger partial charge on any atom is 0.227 e. The Bertz CT molecular complexity index is 550. The summed E-state index contributed by atoms with van der Waals surface area (Å²) in [5.41, 5.74) is 3.52. The summed E-state index contributed by atoms with van der Waals surface area (Å²) in [5.74, 6) is 1.02. The molecule has 0 bridgehead atoms. The van der Waals surface area contributed by atoms with Crippen LogP contribution in [0.15, 0.2) is 0 Å². The highest BCUT2D eigenvalue weighted by atomic mass is 16.5. The van der Waals surface area contributed by atoms with Gasteiger partial charge in [-0.25, -0.2) is 5.01 Å². The molecule has 4 unspecified atom stereocenters. The zero-order valence-corrected chi connectivity index (χ0v) is 18.9. The molecule has 1 saturated carbocycles. The van der Waals surface area contributed by atoms with Crippen LogP contribution in [0.5, 0.6) is 0 Å². The van der Waals surface area contributed by atoms with E-state index in [1.165, 1.54) is 19.3 Å². The molecule has 3 saturated heterocycles. The number of hydrazine groups is 1. The van der Waals surface area contributed by atoms with E-state index >= 15 is 0 Å². The molecule has 4 fully saturated rings. The Morgan fingerprint density at radius 1 is 1.17 bits per heavy atom. The van der Waals surface area contributed by atoms with E-state index in [-0.39, 0.29) is 24.2 Å². The van der Waals surface area contributed by atoms with Gasteiger partial charge in [0.25, 0.3) is 0 Å². The summed E-state index contributed by atoms with van der Waals surface area (Å²) >= 11 is 0. The molecule has 0 aromatic carbocycles. The van der Waals surface area contributed by atoms with Crippen LogP contribution in [0.3, 0.4) is 0 Å². The molecule has 4 atom stereocenters. The lowest BCUT2D eigenvalue weighted by molar-refractivity contribution is -0.127. The van der Waals surface area contributed by atoms with E-state index in [1.807, 2.05) is 0 Å². The number of hydrogen-bond donors (Lipinski definition) is 4. The zero-order valence-electron chi connectivity index (χ0n) is 18.9. The third-order valence-corrected chi connectivity index (χ3v) is 7.56. The van der Waals surface area contributed by atoms with Crippen molar-refractivity contribution in [2.75, 3.05) is 45.9 Å². The summed E-state index contributed by atoms with van der Waals surface area (Å²) < 4.78 is 5.44. The monoisotopic (exact) mass is 422 g/mol. The minimum atomic E-state index is -0.0415. The number of hydrogen-bond acceptors (Lipinski definition) is 7. The molecule has 3 aliphatic heterocycles. The number of carbonyl (C=O) groups excluding carboxylic acids is 1. The predicted octanol–water partition coefficient (Wildman–Crippen LogP) is 0.464. The van der Waals surface area contributed by atoms with E-state index < -0.39 is 0 Å². The van der Waals surface area contributed by atoms with Crippen LogP contribution < -0.4 is 21.4 Å². The number of carbonyl (C=O) groups is 1. The fourth-order valence-electron chi connectivity index (χ4n) is 5.57. The Kier molecular flexibility index (Phi) is 8.00. The quantitative estimate of drug-likeness (QED) is 0.475. The standard InChI is InChI=1S/C22H42N6O2/c1-3-17-4-6-18(7-5-17)26-22(29)19-15-24-28-20(14-16(2)25-21(19)28)23-8-9-27-10-12-30-13-11-27/h16-21,23-25H,3-15H2,1-2H3,(H,26,29). The summed E-state index contributed by atoms with van der Waals surface area (Å²) in [6.07, 6.45) is 7.39. The molecule has 172 valence electrons. The first kappa shape index (κ1) is 22.4. The first-order chi connectivity index (χ1) is 14.6. The molecule has 0 aromatic heterocycles. The first-order valence-corrected chi connectivity index (χ1v) is 12.3. The number of rotatable bonds is 7. The van der Waals surface area contributed by atoms with Crippen LogP contribution in [0.4, 0.5) is 0 Å². The predicted molar refractivity (Wildman–Crippen MR) is 118 cm³/mol. The van der Waals surface area contributed by atoms with E-state index in [0.717, 1.165) is 64.6 Å². The largest absolute Gasteiger partial charge is 0.379 e. The Morgan fingerprint density at radius 3 is 2.67 bits per heavy atom. The van der Waals surface area contributed by atoms with Crippen molar-refractivity contribution >= 4 is 5.91 Å². The Balaban J connectivity index is 1.26. The van der Waals surface area contributed by atoms with Gasteiger partial charge in [0.2, 0.25) is 5.91 Å². The van der Waals surface area contributed by atoms with E-state index in [1.54, 1.807) is 0 Å². The molecule has 0 aromatic rings. The first-order valence-electron chi connectivity index (χ1n) is 12.3. The van der Waals surface area contributed by atoms with Crippen molar-refractivity contribution < 1.29 is 9.53 Å². The van der Waals surface area contributed by atoms with E-state index in [0.29, 0.717) is 18.6 Å². The lowest BCUT2D eigenvalue weighted by Crippen LogP contribution is -2.66. The van der Waals surface area contributed by atoms with Gasteiger partial charge in [-0.05, 0) is 44.9 Å². The molecule has 8 nitrogen and oxygen atoms in total. The fraction of sp³-hybridized carbons (Fsp3) is 0.955. The Morgan fingerprint density at radius 2 is 1.93 bits per heavy atom. The van der Waals surface area contributed by atoms with Gasteiger partial charge in [-0.1, -0.05) is 13.3 Å². The number of nitrogens with one attached hydrogen (secondary N) is 4. The van der Waals surface area contributed by atoms with E-state index in [2.05, 4.69) is 45.1 Å². The second kappa shape index (κ2) is 10.7. The van der Waals surface area contributed by atoms with Crippen LogP contribution >= 0.6 is 0 Å².